The summed E-state index contributed by atoms with van der Waals surface area (Å²) >= 11 is 0. The van der Waals surface area contributed by atoms with Crippen LogP contribution in [0.4, 0.5) is 4.79 Å². The van der Waals surface area contributed by atoms with Crippen LogP contribution in [0.3, 0.4) is 0 Å². The minimum absolute atomic E-state index is 0.151. The van der Waals surface area contributed by atoms with Gasteiger partial charge in [0.1, 0.15) is 5.82 Å². The molecule has 7 nitrogen and oxygen atoms in total. The average molecular weight is 412 g/mol. The smallest absolute Gasteiger partial charge is 0.315 e. The van der Waals surface area contributed by atoms with Gasteiger partial charge in [-0.2, -0.15) is 5.10 Å². The highest BCUT2D eigenvalue weighted by atomic mass is 16.3. The lowest BCUT2D eigenvalue weighted by Gasteiger charge is -2.34. The van der Waals surface area contributed by atoms with Gasteiger partial charge in [0.2, 0.25) is 0 Å². The van der Waals surface area contributed by atoms with Gasteiger partial charge in [-0.3, -0.25) is 0 Å². The fourth-order valence-electron chi connectivity index (χ4n) is 4.71. The van der Waals surface area contributed by atoms with Crippen molar-refractivity contribution >= 4 is 6.03 Å². The number of nitrogens with zero attached hydrogens (tertiary/aromatic N) is 3. The normalized spacial score (nSPS) is 24.9. The molecule has 30 heavy (non-hydrogen) atoms. The molecule has 1 heterocycles. The molecule has 0 bridgehead atoms. The van der Waals surface area contributed by atoms with Gasteiger partial charge in [0, 0.05) is 23.6 Å². The molecule has 0 saturated heterocycles. The van der Waals surface area contributed by atoms with E-state index in [0.29, 0.717) is 12.8 Å². The molecule has 3 atom stereocenters. The Hall–Kier alpha value is -2.41. The van der Waals surface area contributed by atoms with Gasteiger partial charge in [-0.05, 0) is 46.0 Å². The number of aliphatic hydroxyl groups excluding tert-OH is 1. The number of hydrogen-bond acceptors (Lipinski definition) is 4. The van der Waals surface area contributed by atoms with Crippen LogP contribution in [0.5, 0.6) is 0 Å². The lowest BCUT2D eigenvalue weighted by atomic mass is 9.83. The molecular formula is C23H33N5O2. The fraction of sp³-hybridized carbons (Fsp3) is 0.609. The summed E-state index contributed by atoms with van der Waals surface area (Å²) in [7, 11) is 0. The van der Waals surface area contributed by atoms with Crippen molar-refractivity contribution < 1.29 is 9.90 Å². The number of rotatable bonds is 5. The molecule has 0 spiro atoms. The van der Waals surface area contributed by atoms with Crippen molar-refractivity contribution in [2.24, 2.45) is 0 Å². The van der Waals surface area contributed by atoms with Gasteiger partial charge in [0.15, 0.2) is 5.82 Å². The van der Waals surface area contributed by atoms with Crippen LogP contribution in [-0.2, 0) is 0 Å². The SMILES string of the molecule is CC(C)n1nc(-c2ccccc2)nc1[C@H]1CC[C@@H](O)[C@H](NC(=O)NC2CCCC2)C1. The number of aliphatic hydroxyl groups is 1. The van der Waals surface area contributed by atoms with Crippen molar-refractivity contribution in [1.29, 1.82) is 0 Å². The molecule has 1 aromatic heterocycles. The molecule has 2 saturated carbocycles. The van der Waals surface area contributed by atoms with Crippen LogP contribution in [-0.4, -0.2) is 44.1 Å². The Bertz CT molecular complexity index is 845. The van der Waals surface area contributed by atoms with Crippen molar-refractivity contribution in [3.63, 3.8) is 0 Å². The van der Waals surface area contributed by atoms with E-state index in [-0.39, 0.29) is 30.1 Å². The summed E-state index contributed by atoms with van der Waals surface area (Å²) in [6.45, 7) is 4.21. The number of benzene rings is 1. The highest BCUT2D eigenvalue weighted by Crippen LogP contribution is 2.34. The topological polar surface area (TPSA) is 92.1 Å². The minimum Gasteiger partial charge on any atom is -0.391 e. The van der Waals surface area contributed by atoms with Crippen molar-refractivity contribution in [2.75, 3.05) is 0 Å². The van der Waals surface area contributed by atoms with E-state index in [0.717, 1.165) is 36.5 Å². The van der Waals surface area contributed by atoms with Crippen LogP contribution in [0.25, 0.3) is 11.4 Å². The van der Waals surface area contributed by atoms with Crippen LogP contribution in [0.2, 0.25) is 0 Å². The Morgan fingerprint density at radius 1 is 1.10 bits per heavy atom. The molecule has 2 fully saturated rings. The van der Waals surface area contributed by atoms with Gasteiger partial charge < -0.3 is 15.7 Å². The molecule has 2 aliphatic rings. The van der Waals surface area contributed by atoms with Gasteiger partial charge in [-0.25, -0.2) is 14.5 Å². The molecule has 162 valence electrons. The summed E-state index contributed by atoms with van der Waals surface area (Å²) in [5.74, 6) is 1.82. The summed E-state index contributed by atoms with van der Waals surface area (Å²) in [6.07, 6.45) is 6.06. The molecule has 2 amide bonds. The second kappa shape index (κ2) is 9.16. The largest absolute Gasteiger partial charge is 0.391 e. The number of nitrogens with one attached hydrogen (secondary N) is 2. The molecule has 7 heteroatoms. The molecule has 0 aliphatic heterocycles. The van der Waals surface area contributed by atoms with E-state index in [1.165, 1.54) is 12.8 Å². The van der Waals surface area contributed by atoms with Crippen molar-refractivity contribution in [1.82, 2.24) is 25.4 Å². The summed E-state index contributed by atoms with van der Waals surface area (Å²) in [4.78, 5) is 17.3. The van der Waals surface area contributed by atoms with Crippen molar-refractivity contribution in [3.05, 3.63) is 36.2 Å². The number of hydrogen-bond donors (Lipinski definition) is 3. The Labute approximate surface area is 178 Å². The Kier molecular flexibility index (Phi) is 6.37. The Morgan fingerprint density at radius 3 is 2.53 bits per heavy atom. The molecule has 4 rings (SSSR count). The third-order valence-corrected chi connectivity index (χ3v) is 6.36. The summed E-state index contributed by atoms with van der Waals surface area (Å²) in [5.41, 5.74) is 1.000. The van der Waals surface area contributed by atoms with Crippen LogP contribution >= 0.6 is 0 Å². The van der Waals surface area contributed by atoms with E-state index in [1.54, 1.807) is 0 Å². The van der Waals surface area contributed by atoms with Crippen LogP contribution in [0, 0.1) is 0 Å². The van der Waals surface area contributed by atoms with Gasteiger partial charge in [-0.1, -0.05) is 43.2 Å². The Morgan fingerprint density at radius 2 is 1.83 bits per heavy atom. The highest BCUT2D eigenvalue weighted by molar-refractivity contribution is 5.74. The van der Waals surface area contributed by atoms with Gasteiger partial charge in [0.25, 0.3) is 0 Å². The third kappa shape index (κ3) is 4.67. The van der Waals surface area contributed by atoms with Crippen molar-refractivity contribution in [3.8, 4) is 11.4 Å². The van der Waals surface area contributed by atoms with Gasteiger partial charge >= 0.3 is 6.03 Å². The predicted octanol–water partition coefficient (Wildman–Crippen LogP) is 3.76. The average Bonchev–Trinajstić information content (AvgIpc) is 3.40. The second-order valence-electron chi connectivity index (χ2n) is 8.98. The van der Waals surface area contributed by atoms with Crippen LogP contribution in [0.1, 0.15) is 76.6 Å². The zero-order valence-corrected chi connectivity index (χ0v) is 17.9. The molecule has 0 unspecified atom stereocenters. The van der Waals surface area contributed by atoms with Crippen molar-refractivity contribution in [2.45, 2.75) is 88.9 Å². The molecule has 0 radical (unpaired) electrons. The lowest BCUT2D eigenvalue weighted by Crippen LogP contribution is -2.51. The quantitative estimate of drug-likeness (QED) is 0.698. The maximum Gasteiger partial charge on any atom is 0.315 e. The van der Waals surface area contributed by atoms with E-state index >= 15 is 0 Å². The van der Waals surface area contributed by atoms with E-state index < -0.39 is 6.10 Å². The van der Waals surface area contributed by atoms with E-state index in [1.807, 2.05) is 35.0 Å². The maximum absolute atomic E-state index is 12.5. The summed E-state index contributed by atoms with van der Waals surface area (Å²) < 4.78 is 2.00. The number of urea groups is 1. The van der Waals surface area contributed by atoms with Gasteiger partial charge in [-0.15, -0.1) is 0 Å². The zero-order valence-electron chi connectivity index (χ0n) is 17.9. The first kappa shape index (κ1) is 20.8. The number of carbonyl (C=O) groups is 1. The lowest BCUT2D eigenvalue weighted by molar-refractivity contribution is 0.0845. The highest BCUT2D eigenvalue weighted by Gasteiger charge is 2.34. The van der Waals surface area contributed by atoms with E-state index in [2.05, 4.69) is 24.5 Å². The first-order valence-corrected chi connectivity index (χ1v) is 11.3. The molecule has 2 aromatic rings. The standard InChI is InChI=1S/C23H33N5O2/c1-15(2)28-22(26-21(27-28)16-8-4-3-5-9-16)17-12-13-20(29)19(14-17)25-23(30)24-18-10-6-7-11-18/h3-5,8-9,15,17-20,29H,6-7,10-14H2,1-2H3,(H2,24,25,30)/t17-,19+,20+/m0/s1. The summed E-state index contributed by atoms with van der Waals surface area (Å²) in [5, 5.41) is 21.4. The number of aromatic nitrogens is 3. The van der Waals surface area contributed by atoms with E-state index in [4.69, 9.17) is 10.1 Å². The first-order valence-electron chi connectivity index (χ1n) is 11.3. The number of carbonyl (C=O) groups excluding carboxylic acids is 1. The fourth-order valence-corrected chi connectivity index (χ4v) is 4.71. The molecule has 2 aliphatic carbocycles. The monoisotopic (exact) mass is 411 g/mol. The van der Waals surface area contributed by atoms with Crippen LogP contribution in [0.15, 0.2) is 30.3 Å². The first-order chi connectivity index (χ1) is 14.5. The number of amides is 2. The molecule has 3 N–H and O–H groups in total. The molecular weight excluding hydrogens is 378 g/mol. The predicted molar refractivity (Wildman–Crippen MR) is 116 cm³/mol. The van der Waals surface area contributed by atoms with Crippen LogP contribution < -0.4 is 10.6 Å². The van der Waals surface area contributed by atoms with Gasteiger partial charge in [0.05, 0.1) is 12.1 Å². The summed E-state index contributed by atoms with van der Waals surface area (Å²) in [6, 6.07) is 10.0. The molecule has 1 aromatic carbocycles. The zero-order chi connectivity index (χ0) is 21.1. The van der Waals surface area contributed by atoms with E-state index in [9.17, 15) is 9.90 Å². The third-order valence-electron chi connectivity index (χ3n) is 6.36. The maximum atomic E-state index is 12.5. The minimum atomic E-state index is -0.528. The Balaban J connectivity index is 1.49. The second-order valence-corrected chi connectivity index (χ2v) is 8.98.